The molecule has 0 aliphatic rings. The largest absolute Gasteiger partial charge is 0.292 e. The van der Waals surface area contributed by atoms with E-state index in [1.54, 1.807) is 12.1 Å². The van der Waals surface area contributed by atoms with Crippen molar-refractivity contribution in [1.82, 2.24) is 0 Å². The molecular weight excluding hydrogens is 246 g/mol. The number of ketones is 1. The van der Waals surface area contributed by atoms with Crippen LogP contribution < -0.4 is 5.48 Å². The lowest BCUT2D eigenvalue weighted by Gasteiger charge is -1.92. The van der Waals surface area contributed by atoms with E-state index < -0.39 is 0 Å². The Kier molecular flexibility index (Phi) is 3.67. The van der Waals surface area contributed by atoms with Gasteiger partial charge in [0.25, 0.3) is 0 Å². The Labute approximate surface area is 81.2 Å². The van der Waals surface area contributed by atoms with Gasteiger partial charge in [-0.25, -0.2) is 10.7 Å². The Hall–Kier alpha value is -0.430. The SMILES string of the molecule is O=C(CBr)c1ccc(NOO)s1. The second-order valence-electron chi connectivity index (χ2n) is 1.91. The van der Waals surface area contributed by atoms with Gasteiger partial charge in [0.15, 0.2) is 5.78 Å². The van der Waals surface area contributed by atoms with Crippen molar-refractivity contribution in [3.63, 3.8) is 0 Å². The van der Waals surface area contributed by atoms with Crippen LogP contribution in [0.4, 0.5) is 5.00 Å². The Morgan fingerprint density at radius 1 is 1.75 bits per heavy atom. The Morgan fingerprint density at radius 3 is 3.08 bits per heavy atom. The third kappa shape index (κ3) is 2.28. The highest BCUT2D eigenvalue weighted by molar-refractivity contribution is 9.09. The highest BCUT2D eigenvalue weighted by Gasteiger charge is 2.06. The van der Waals surface area contributed by atoms with Gasteiger partial charge >= 0.3 is 0 Å². The van der Waals surface area contributed by atoms with Crippen LogP contribution >= 0.6 is 27.3 Å². The van der Waals surface area contributed by atoms with Crippen LogP contribution in [0.25, 0.3) is 0 Å². The van der Waals surface area contributed by atoms with Gasteiger partial charge in [-0.3, -0.25) is 4.79 Å². The van der Waals surface area contributed by atoms with E-state index in [1.807, 2.05) is 0 Å². The second kappa shape index (κ2) is 4.56. The zero-order valence-electron chi connectivity index (χ0n) is 5.91. The topological polar surface area (TPSA) is 58.6 Å². The van der Waals surface area contributed by atoms with Gasteiger partial charge < -0.3 is 0 Å². The zero-order chi connectivity index (χ0) is 8.97. The van der Waals surface area contributed by atoms with E-state index >= 15 is 0 Å². The van der Waals surface area contributed by atoms with Crippen molar-refractivity contribution in [2.24, 2.45) is 0 Å². The third-order valence-corrected chi connectivity index (χ3v) is 2.68. The maximum Gasteiger partial charge on any atom is 0.183 e. The molecule has 0 atom stereocenters. The zero-order valence-corrected chi connectivity index (χ0v) is 8.31. The van der Waals surface area contributed by atoms with Crippen LogP contribution in [0, 0.1) is 0 Å². The fourth-order valence-electron chi connectivity index (χ4n) is 0.653. The summed E-state index contributed by atoms with van der Waals surface area (Å²) in [6.45, 7) is 0. The fraction of sp³-hybridized carbons (Fsp3) is 0.167. The molecule has 0 amide bonds. The molecule has 0 bridgehead atoms. The molecule has 0 aliphatic heterocycles. The van der Waals surface area contributed by atoms with Gasteiger partial charge in [-0.2, -0.15) is 0 Å². The van der Waals surface area contributed by atoms with Crippen molar-refractivity contribution in [3.8, 4) is 0 Å². The highest BCUT2D eigenvalue weighted by atomic mass is 79.9. The molecule has 0 fully saturated rings. The van der Waals surface area contributed by atoms with Crippen LogP contribution in [0.1, 0.15) is 9.67 Å². The van der Waals surface area contributed by atoms with Gasteiger partial charge in [0.2, 0.25) is 0 Å². The van der Waals surface area contributed by atoms with Gasteiger partial charge in [0, 0.05) is 0 Å². The Balaban J connectivity index is 2.70. The number of thiophene rings is 1. The minimum Gasteiger partial charge on any atom is -0.292 e. The number of halogens is 1. The minimum absolute atomic E-state index is 0.00555. The molecule has 1 aromatic heterocycles. The summed E-state index contributed by atoms with van der Waals surface area (Å²) in [5, 5.41) is 8.91. The van der Waals surface area contributed by atoms with Crippen LogP contribution in [0.15, 0.2) is 12.1 Å². The molecule has 0 aromatic carbocycles. The second-order valence-corrected chi connectivity index (χ2v) is 3.56. The van der Waals surface area contributed by atoms with E-state index in [-0.39, 0.29) is 5.78 Å². The summed E-state index contributed by atoms with van der Waals surface area (Å²) >= 11 is 4.27. The van der Waals surface area contributed by atoms with Crippen LogP contribution in [0.2, 0.25) is 0 Å². The average molecular weight is 252 g/mol. The number of hydrogen-bond donors (Lipinski definition) is 2. The van der Waals surface area contributed by atoms with Crippen molar-refractivity contribution < 1.29 is 15.0 Å². The van der Waals surface area contributed by atoms with Crippen LogP contribution in [-0.2, 0) is 4.99 Å². The molecular formula is C6H6BrNO3S. The Bertz CT molecular complexity index is 276. The molecule has 0 saturated heterocycles. The maximum absolute atomic E-state index is 11.1. The molecule has 2 N–H and O–H groups in total. The molecule has 6 heteroatoms. The van der Waals surface area contributed by atoms with Crippen molar-refractivity contribution >= 4 is 38.1 Å². The summed E-state index contributed by atoms with van der Waals surface area (Å²) < 4.78 is 0. The number of rotatable bonds is 4. The van der Waals surface area contributed by atoms with E-state index in [4.69, 9.17) is 5.26 Å². The lowest BCUT2D eigenvalue weighted by molar-refractivity contribution is -0.215. The maximum atomic E-state index is 11.1. The lowest BCUT2D eigenvalue weighted by Crippen LogP contribution is -1.95. The fourth-order valence-corrected chi connectivity index (χ4v) is 1.92. The van der Waals surface area contributed by atoms with Crippen molar-refractivity contribution in [3.05, 3.63) is 17.0 Å². The third-order valence-electron chi connectivity index (χ3n) is 1.15. The minimum atomic E-state index is 0.00555. The predicted octanol–water partition coefficient (Wildman–Crippen LogP) is 2.14. The molecule has 0 radical (unpaired) electrons. The molecule has 0 unspecified atom stereocenters. The van der Waals surface area contributed by atoms with Gasteiger partial charge in [0.05, 0.1) is 10.2 Å². The lowest BCUT2D eigenvalue weighted by atomic mass is 10.4. The van der Waals surface area contributed by atoms with E-state index in [0.29, 0.717) is 15.2 Å². The number of nitrogens with one attached hydrogen (secondary N) is 1. The van der Waals surface area contributed by atoms with Crippen LogP contribution in [0.5, 0.6) is 0 Å². The quantitative estimate of drug-likeness (QED) is 0.373. The number of Topliss-reactive ketones (excluding diaryl/α,β-unsaturated/α-hetero) is 1. The molecule has 1 aromatic rings. The molecule has 1 rings (SSSR count). The van der Waals surface area contributed by atoms with Crippen LogP contribution in [-0.4, -0.2) is 16.4 Å². The summed E-state index contributed by atoms with van der Waals surface area (Å²) in [5.74, 6) is 0.00555. The predicted molar refractivity (Wildman–Crippen MR) is 49.8 cm³/mol. The van der Waals surface area contributed by atoms with Gasteiger partial charge in [0.1, 0.15) is 5.00 Å². The van der Waals surface area contributed by atoms with Crippen LogP contribution in [0.3, 0.4) is 0 Å². The van der Waals surface area contributed by atoms with Gasteiger partial charge in [-0.05, 0) is 12.1 Å². The summed E-state index contributed by atoms with van der Waals surface area (Å²) in [6.07, 6.45) is 0. The number of carbonyl (C=O) groups excluding carboxylic acids is 1. The van der Waals surface area contributed by atoms with Gasteiger partial charge in [-0.15, -0.1) is 16.3 Å². The highest BCUT2D eigenvalue weighted by Crippen LogP contribution is 2.22. The number of hydrogen-bond acceptors (Lipinski definition) is 5. The molecule has 0 spiro atoms. The average Bonchev–Trinajstić information content (AvgIpc) is 2.52. The summed E-state index contributed by atoms with van der Waals surface area (Å²) in [6, 6.07) is 3.31. The summed E-state index contributed by atoms with van der Waals surface area (Å²) in [4.78, 5) is 15.4. The van der Waals surface area contributed by atoms with Gasteiger partial charge in [-0.1, -0.05) is 15.9 Å². The monoisotopic (exact) mass is 251 g/mol. The smallest absolute Gasteiger partial charge is 0.183 e. The van der Waals surface area contributed by atoms with Crippen molar-refractivity contribution in [2.45, 2.75) is 0 Å². The summed E-state index contributed by atoms with van der Waals surface area (Å²) in [7, 11) is 0. The first kappa shape index (κ1) is 9.66. The molecule has 1 heterocycles. The molecule has 0 aliphatic carbocycles. The molecule has 4 nitrogen and oxygen atoms in total. The van der Waals surface area contributed by atoms with Crippen molar-refractivity contribution in [1.29, 1.82) is 0 Å². The standard InChI is InChI=1S/C6H6BrNO3S/c7-3-4(9)5-1-2-6(12-5)8-11-10/h1-2,8,10H,3H2. The first-order valence-corrected chi connectivity index (χ1v) is 4.97. The number of alkyl halides is 1. The Morgan fingerprint density at radius 2 is 2.50 bits per heavy atom. The first-order valence-electron chi connectivity index (χ1n) is 3.03. The summed E-state index contributed by atoms with van der Waals surface area (Å²) in [5.41, 5.74) is 2.21. The molecule has 0 saturated carbocycles. The van der Waals surface area contributed by atoms with E-state index in [0.717, 1.165) is 0 Å². The van der Waals surface area contributed by atoms with E-state index in [9.17, 15) is 4.79 Å². The normalized spacial score (nSPS) is 9.83. The molecule has 66 valence electrons. The van der Waals surface area contributed by atoms with E-state index in [2.05, 4.69) is 26.4 Å². The van der Waals surface area contributed by atoms with E-state index in [1.165, 1.54) is 11.3 Å². The molecule has 12 heavy (non-hydrogen) atoms. The number of anilines is 1. The van der Waals surface area contributed by atoms with Crippen molar-refractivity contribution in [2.75, 3.05) is 10.8 Å². The first-order chi connectivity index (χ1) is 5.77. The number of carbonyl (C=O) groups is 1.